The molecule has 0 radical (unpaired) electrons. The summed E-state index contributed by atoms with van der Waals surface area (Å²) in [7, 11) is 0. The first kappa shape index (κ1) is 11.7. The highest BCUT2D eigenvalue weighted by Crippen LogP contribution is 2.31. The fourth-order valence-electron chi connectivity index (χ4n) is 2.38. The zero-order valence-corrected chi connectivity index (χ0v) is 10.2. The van der Waals surface area contributed by atoms with E-state index in [1.165, 1.54) is 30.4 Å². The van der Waals surface area contributed by atoms with Gasteiger partial charge in [0.1, 0.15) is 0 Å². The van der Waals surface area contributed by atoms with Crippen molar-refractivity contribution >= 4 is 0 Å². The second-order valence-corrected chi connectivity index (χ2v) is 5.06. The summed E-state index contributed by atoms with van der Waals surface area (Å²) in [5.74, 6) is 0.796. The van der Waals surface area contributed by atoms with Gasteiger partial charge in [-0.3, -0.25) is 0 Å². The molecule has 0 aliphatic heterocycles. The van der Waals surface area contributed by atoms with E-state index in [2.05, 4.69) is 31.2 Å². The molecule has 1 N–H and O–H groups in total. The van der Waals surface area contributed by atoms with E-state index in [1.54, 1.807) is 0 Å². The van der Waals surface area contributed by atoms with Crippen LogP contribution in [0.3, 0.4) is 0 Å². The van der Waals surface area contributed by atoms with Crippen LogP contribution < -0.4 is 0 Å². The van der Waals surface area contributed by atoms with Crippen LogP contribution in [0, 0.1) is 5.92 Å². The summed E-state index contributed by atoms with van der Waals surface area (Å²) in [6.45, 7) is 2.17. The number of aliphatic hydroxyl groups is 1. The number of aliphatic hydroxyl groups excluding tert-OH is 1. The van der Waals surface area contributed by atoms with Gasteiger partial charge in [-0.15, -0.1) is 0 Å². The zero-order valence-electron chi connectivity index (χ0n) is 10.2. The van der Waals surface area contributed by atoms with Crippen LogP contribution in [-0.4, -0.2) is 11.2 Å². The van der Waals surface area contributed by atoms with E-state index in [4.69, 9.17) is 0 Å². The Kier molecular flexibility index (Phi) is 4.00. The molecular formula is C15H22O. The first-order chi connectivity index (χ1) is 7.78. The first-order valence-corrected chi connectivity index (χ1v) is 6.54. The van der Waals surface area contributed by atoms with Gasteiger partial charge in [-0.1, -0.05) is 50.5 Å². The summed E-state index contributed by atoms with van der Waals surface area (Å²) >= 11 is 0. The molecule has 1 aromatic carbocycles. The number of benzene rings is 1. The standard InChI is InChI=1S/C15H22O/c1-2-12-6-8-14(9-7-12)11-15(16)10-13-4-3-5-13/h6-9,13,15-16H,2-5,10-11H2,1H3. The van der Waals surface area contributed by atoms with Crippen molar-refractivity contribution in [3.8, 4) is 0 Å². The average Bonchev–Trinajstić information content (AvgIpc) is 2.25. The number of rotatable bonds is 5. The Labute approximate surface area is 98.5 Å². The Balaban J connectivity index is 1.82. The molecular weight excluding hydrogens is 196 g/mol. The highest BCUT2D eigenvalue weighted by atomic mass is 16.3. The Bertz CT molecular complexity index is 311. The Morgan fingerprint density at radius 3 is 2.31 bits per heavy atom. The molecule has 0 heterocycles. The monoisotopic (exact) mass is 218 g/mol. The molecule has 1 nitrogen and oxygen atoms in total. The van der Waals surface area contributed by atoms with Crippen molar-refractivity contribution in [2.45, 2.75) is 51.6 Å². The molecule has 1 unspecified atom stereocenters. The molecule has 0 saturated heterocycles. The van der Waals surface area contributed by atoms with Crippen LogP contribution in [0.5, 0.6) is 0 Å². The number of hydrogen-bond donors (Lipinski definition) is 1. The third-order valence-electron chi connectivity index (χ3n) is 3.73. The van der Waals surface area contributed by atoms with Gasteiger partial charge < -0.3 is 5.11 Å². The van der Waals surface area contributed by atoms with Gasteiger partial charge >= 0.3 is 0 Å². The molecule has 1 aliphatic carbocycles. The van der Waals surface area contributed by atoms with Crippen molar-refractivity contribution in [3.05, 3.63) is 35.4 Å². The van der Waals surface area contributed by atoms with Crippen LogP contribution in [0.1, 0.15) is 43.7 Å². The van der Waals surface area contributed by atoms with Gasteiger partial charge in [0.25, 0.3) is 0 Å². The number of hydrogen-bond acceptors (Lipinski definition) is 1. The fraction of sp³-hybridized carbons (Fsp3) is 0.600. The highest BCUT2D eigenvalue weighted by Gasteiger charge is 2.20. The van der Waals surface area contributed by atoms with Crippen LogP contribution >= 0.6 is 0 Å². The number of aryl methyl sites for hydroxylation is 1. The molecule has 16 heavy (non-hydrogen) atoms. The Morgan fingerprint density at radius 1 is 1.19 bits per heavy atom. The molecule has 2 rings (SSSR count). The summed E-state index contributed by atoms with van der Waals surface area (Å²) in [5.41, 5.74) is 2.64. The Hall–Kier alpha value is -0.820. The van der Waals surface area contributed by atoms with Crippen LogP contribution in [0.15, 0.2) is 24.3 Å². The quantitative estimate of drug-likeness (QED) is 0.803. The molecule has 1 atom stereocenters. The van der Waals surface area contributed by atoms with Gasteiger partial charge in [0.2, 0.25) is 0 Å². The molecule has 0 amide bonds. The highest BCUT2D eigenvalue weighted by molar-refractivity contribution is 5.22. The van der Waals surface area contributed by atoms with Crippen molar-refractivity contribution in [2.24, 2.45) is 5.92 Å². The Morgan fingerprint density at radius 2 is 1.81 bits per heavy atom. The van der Waals surface area contributed by atoms with Crippen molar-refractivity contribution in [3.63, 3.8) is 0 Å². The lowest BCUT2D eigenvalue weighted by Gasteiger charge is -2.27. The maximum absolute atomic E-state index is 9.96. The zero-order chi connectivity index (χ0) is 11.4. The molecule has 1 aromatic rings. The molecule has 88 valence electrons. The molecule has 1 aliphatic rings. The van der Waals surface area contributed by atoms with E-state index < -0.39 is 0 Å². The fourth-order valence-corrected chi connectivity index (χ4v) is 2.38. The lowest BCUT2D eigenvalue weighted by Crippen LogP contribution is -2.20. The van der Waals surface area contributed by atoms with Crippen molar-refractivity contribution in [1.82, 2.24) is 0 Å². The second-order valence-electron chi connectivity index (χ2n) is 5.06. The summed E-state index contributed by atoms with van der Waals surface area (Å²) in [4.78, 5) is 0. The third kappa shape index (κ3) is 3.08. The van der Waals surface area contributed by atoms with Crippen molar-refractivity contribution in [2.75, 3.05) is 0 Å². The molecule has 1 heteroatoms. The minimum absolute atomic E-state index is 0.141. The summed E-state index contributed by atoms with van der Waals surface area (Å²) in [5, 5.41) is 9.96. The van der Waals surface area contributed by atoms with E-state index in [0.29, 0.717) is 0 Å². The van der Waals surface area contributed by atoms with Gasteiger partial charge in [0.15, 0.2) is 0 Å². The van der Waals surface area contributed by atoms with Crippen LogP contribution in [-0.2, 0) is 12.8 Å². The van der Waals surface area contributed by atoms with Crippen molar-refractivity contribution < 1.29 is 5.11 Å². The largest absolute Gasteiger partial charge is 0.393 e. The van der Waals surface area contributed by atoms with Crippen LogP contribution in [0.2, 0.25) is 0 Å². The molecule has 0 spiro atoms. The van der Waals surface area contributed by atoms with Crippen molar-refractivity contribution in [1.29, 1.82) is 0 Å². The van der Waals surface area contributed by atoms with Crippen LogP contribution in [0.4, 0.5) is 0 Å². The van der Waals surface area contributed by atoms with Gasteiger partial charge in [-0.2, -0.15) is 0 Å². The van der Waals surface area contributed by atoms with E-state index in [0.717, 1.165) is 25.2 Å². The third-order valence-corrected chi connectivity index (χ3v) is 3.73. The lowest BCUT2D eigenvalue weighted by atomic mass is 9.80. The van der Waals surface area contributed by atoms with E-state index >= 15 is 0 Å². The molecule has 0 aromatic heterocycles. The smallest absolute Gasteiger partial charge is 0.0583 e. The average molecular weight is 218 g/mol. The summed E-state index contributed by atoms with van der Waals surface area (Å²) in [6.07, 6.45) is 6.78. The van der Waals surface area contributed by atoms with Crippen LogP contribution in [0.25, 0.3) is 0 Å². The maximum Gasteiger partial charge on any atom is 0.0583 e. The van der Waals surface area contributed by atoms with Gasteiger partial charge in [0, 0.05) is 0 Å². The predicted molar refractivity (Wildman–Crippen MR) is 67.5 cm³/mol. The first-order valence-electron chi connectivity index (χ1n) is 6.54. The maximum atomic E-state index is 9.96. The molecule has 1 fully saturated rings. The predicted octanol–water partition coefficient (Wildman–Crippen LogP) is 3.34. The minimum atomic E-state index is -0.141. The second kappa shape index (κ2) is 5.49. The lowest BCUT2D eigenvalue weighted by molar-refractivity contribution is 0.118. The minimum Gasteiger partial charge on any atom is -0.393 e. The van der Waals surface area contributed by atoms with E-state index in [9.17, 15) is 5.11 Å². The molecule has 1 saturated carbocycles. The van der Waals surface area contributed by atoms with E-state index in [-0.39, 0.29) is 6.10 Å². The summed E-state index contributed by atoms with van der Waals surface area (Å²) < 4.78 is 0. The van der Waals surface area contributed by atoms with Gasteiger partial charge in [0.05, 0.1) is 6.10 Å². The van der Waals surface area contributed by atoms with E-state index in [1.807, 2.05) is 0 Å². The normalized spacial score (nSPS) is 18.1. The topological polar surface area (TPSA) is 20.2 Å². The van der Waals surface area contributed by atoms with Gasteiger partial charge in [-0.25, -0.2) is 0 Å². The SMILES string of the molecule is CCc1ccc(CC(O)CC2CCC2)cc1. The summed E-state index contributed by atoms with van der Waals surface area (Å²) in [6, 6.07) is 8.66. The molecule has 0 bridgehead atoms. The van der Waals surface area contributed by atoms with Gasteiger partial charge in [-0.05, 0) is 36.3 Å².